The van der Waals surface area contributed by atoms with Crippen molar-refractivity contribution in [3.8, 4) is 0 Å². The van der Waals surface area contributed by atoms with Gasteiger partial charge in [0.1, 0.15) is 0 Å². The Labute approximate surface area is 119 Å². The van der Waals surface area contributed by atoms with Gasteiger partial charge in [0, 0.05) is 66.0 Å². The third-order valence-electron chi connectivity index (χ3n) is 0.842. The van der Waals surface area contributed by atoms with Crippen LogP contribution in [0.5, 0.6) is 0 Å². The van der Waals surface area contributed by atoms with E-state index in [4.69, 9.17) is 10.2 Å². The standard InChI is InChI=1S/C5H7NO5.2Na/c1-2(7)6-3(4(8)9)5(10)11;;/h3H,1H3,(H,6,7)(H,8,9)(H,10,11);;. The molecule has 6 nitrogen and oxygen atoms in total. The molecule has 0 heterocycles. The van der Waals surface area contributed by atoms with Crippen LogP contribution < -0.4 is 5.32 Å². The summed E-state index contributed by atoms with van der Waals surface area (Å²) in [6.45, 7) is 1.04. The molecule has 0 bridgehead atoms. The van der Waals surface area contributed by atoms with Crippen molar-refractivity contribution in [2.75, 3.05) is 0 Å². The summed E-state index contributed by atoms with van der Waals surface area (Å²) in [4.78, 5) is 30.4. The maximum absolute atomic E-state index is 10.2. The molecule has 0 aliphatic carbocycles. The van der Waals surface area contributed by atoms with Crippen molar-refractivity contribution >= 4 is 77.0 Å². The van der Waals surface area contributed by atoms with E-state index >= 15 is 0 Å². The van der Waals surface area contributed by atoms with Crippen LogP contribution in [-0.4, -0.2) is 93.2 Å². The second kappa shape index (κ2) is 8.98. The van der Waals surface area contributed by atoms with E-state index in [0.29, 0.717) is 0 Å². The van der Waals surface area contributed by atoms with Crippen LogP contribution in [0.25, 0.3) is 0 Å². The van der Waals surface area contributed by atoms with Crippen molar-refractivity contribution in [1.29, 1.82) is 0 Å². The minimum atomic E-state index is -1.85. The summed E-state index contributed by atoms with van der Waals surface area (Å²) < 4.78 is 0. The molecule has 0 aromatic heterocycles. The van der Waals surface area contributed by atoms with Gasteiger partial charge < -0.3 is 15.5 Å². The van der Waals surface area contributed by atoms with Crippen LogP contribution in [0.2, 0.25) is 0 Å². The van der Waals surface area contributed by atoms with Crippen molar-refractivity contribution in [3.05, 3.63) is 0 Å². The predicted molar refractivity (Wildman–Crippen MR) is 44.4 cm³/mol. The molecule has 0 aromatic carbocycles. The zero-order valence-corrected chi connectivity index (χ0v) is 11.7. The quantitative estimate of drug-likeness (QED) is 0.363. The second-order valence-corrected chi connectivity index (χ2v) is 1.81. The number of carboxylic acid groups (broad SMARTS) is 2. The van der Waals surface area contributed by atoms with E-state index in [1.165, 1.54) is 0 Å². The van der Waals surface area contributed by atoms with Gasteiger partial charge >= 0.3 is 11.9 Å². The molecule has 0 rings (SSSR count). The molecule has 13 heavy (non-hydrogen) atoms. The molecule has 8 heteroatoms. The summed E-state index contributed by atoms with van der Waals surface area (Å²) in [7, 11) is 0. The molecule has 0 spiro atoms. The van der Waals surface area contributed by atoms with Crippen molar-refractivity contribution < 1.29 is 24.6 Å². The van der Waals surface area contributed by atoms with Gasteiger partial charge in [0.2, 0.25) is 11.9 Å². The number of carbonyl (C=O) groups excluding carboxylic acids is 1. The van der Waals surface area contributed by atoms with Crippen LogP contribution in [0.4, 0.5) is 0 Å². The number of aliphatic carboxylic acids is 2. The third kappa shape index (κ3) is 8.73. The Hall–Kier alpha value is 0.410. The minimum Gasteiger partial charge on any atom is -0.479 e. The Morgan fingerprint density at radius 3 is 1.46 bits per heavy atom. The molecule has 64 valence electrons. The maximum atomic E-state index is 10.2. The van der Waals surface area contributed by atoms with Crippen LogP contribution in [-0.2, 0) is 14.4 Å². The maximum Gasteiger partial charge on any atom is 0.338 e. The molecule has 0 aliphatic rings. The average molecular weight is 207 g/mol. The fourth-order valence-electron chi connectivity index (χ4n) is 0.432. The minimum absolute atomic E-state index is 0. The summed E-state index contributed by atoms with van der Waals surface area (Å²) in [5.41, 5.74) is 0. The van der Waals surface area contributed by atoms with Gasteiger partial charge in [-0.15, -0.1) is 0 Å². The summed E-state index contributed by atoms with van der Waals surface area (Å²) >= 11 is 0. The van der Waals surface area contributed by atoms with E-state index in [1.54, 1.807) is 5.32 Å². The largest absolute Gasteiger partial charge is 0.479 e. The number of nitrogens with one attached hydrogen (secondary N) is 1. The first-order valence-corrected chi connectivity index (χ1v) is 2.68. The smallest absolute Gasteiger partial charge is 0.338 e. The summed E-state index contributed by atoms with van der Waals surface area (Å²) in [5, 5.41) is 18.1. The van der Waals surface area contributed by atoms with E-state index in [-0.39, 0.29) is 59.1 Å². The van der Waals surface area contributed by atoms with E-state index < -0.39 is 23.9 Å². The molecule has 0 saturated heterocycles. The first kappa shape index (κ1) is 19.1. The van der Waals surface area contributed by atoms with Gasteiger partial charge in [0.25, 0.3) is 0 Å². The van der Waals surface area contributed by atoms with Crippen LogP contribution >= 0.6 is 0 Å². The molecular weight excluding hydrogens is 200 g/mol. The fourth-order valence-corrected chi connectivity index (χ4v) is 0.432. The monoisotopic (exact) mass is 207 g/mol. The van der Waals surface area contributed by atoms with Gasteiger partial charge in [0.15, 0.2) is 0 Å². The van der Waals surface area contributed by atoms with Gasteiger partial charge in [0.05, 0.1) is 0 Å². The number of carbonyl (C=O) groups is 3. The van der Waals surface area contributed by atoms with Crippen LogP contribution in [0.15, 0.2) is 0 Å². The number of amides is 1. The van der Waals surface area contributed by atoms with Gasteiger partial charge in [-0.1, -0.05) is 0 Å². The Bertz CT molecular complexity index is 193. The fraction of sp³-hybridized carbons (Fsp3) is 0.400. The van der Waals surface area contributed by atoms with Gasteiger partial charge in [-0.25, -0.2) is 9.59 Å². The Kier molecular flexibility index (Phi) is 13.2. The Morgan fingerprint density at radius 1 is 1.08 bits per heavy atom. The Morgan fingerprint density at radius 2 is 1.38 bits per heavy atom. The zero-order valence-electron chi connectivity index (χ0n) is 7.70. The predicted octanol–water partition coefficient (Wildman–Crippen LogP) is -2.10. The van der Waals surface area contributed by atoms with Crippen molar-refractivity contribution in [1.82, 2.24) is 5.32 Å². The molecular formula is C5H7NNa2O5. The first-order chi connectivity index (χ1) is 4.95. The average Bonchev–Trinajstić information content (AvgIpc) is 1.81. The number of carboxylic acids is 2. The van der Waals surface area contributed by atoms with Crippen LogP contribution in [0, 0.1) is 0 Å². The molecule has 3 N–H and O–H groups in total. The molecule has 2 radical (unpaired) electrons. The third-order valence-corrected chi connectivity index (χ3v) is 0.842. The molecule has 0 saturated carbocycles. The topological polar surface area (TPSA) is 104 Å². The molecule has 0 unspecified atom stereocenters. The zero-order chi connectivity index (χ0) is 9.02. The van der Waals surface area contributed by atoms with Gasteiger partial charge in [-0.2, -0.15) is 0 Å². The van der Waals surface area contributed by atoms with E-state index in [9.17, 15) is 14.4 Å². The summed E-state index contributed by atoms with van der Waals surface area (Å²) in [6.07, 6.45) is 0. The van der Waals surface area contributed by atoms with Crippen LogP contribution in [0.1, 0.15) is 6.92 Å². The molecule has 0 aliphatic heterocycles. The van der Waals surface area contributed by atoms with E-state index in [0.717, 1.165) is 6.92 Å². The normalized spacial score (nSPS) is 7.85. The number of hydrogen-bond acceptors (Lipinski definition) is 3. The molecule has 0 atom stereocenters. The number of rotatable bonds is 3. The molecule has 0 fully saturated rings. The first-order valence-electron chi connectivity index (χ1n) is 2.68. The van der Waals surface area contributed by atoms with Crippen molar-refractivity contribution in [2.24, 2.45) is 0 Å². The van der Waals surface area contributed by atoms with E-state index in [2.05, 4.69) is 0 Å². The van der Waals surface area contributed by atoms with E-state index in [1.807, 2.05) is 0 Å². The Balaban J connectivity index is -0.000000500. The number of hydrogen-bond donors (Lipinski definition) is 3. The second-order valence-electron chi connectivity index (χ2n) is 1.81. The van der Waals surface area contributed by atoms with Crippen LogP contribution in [0.3, 0.4) is 0 Å². The summed E-state index contributed by atoms with van der Waals surface area (Å²) in [6, 6.07) is -1.85. The summed E-state index contributed by atoms with van der Waals surface area (Å²) in [5.74, 6) is -3.87. The van der Waals surface area contributed by atoms with Gasteiger partial charge in [-0.05, 0) is 0 Å². The SMILES string of the molecule is CC(=O)NC(C(=O)O)C(=O)O.[Na].[Na]. The van der Waals surface area contributed by atoms with Crippen molar-refractivity contribution in [2.45, 2.75) is 13.0 Å². The molecule has 1 amide bonds. The molecule has 0 aromatic rings. The van der Waals surface area contributed by atoms with Gasteiger partial charge in [-0.3, -0.25) is 4.79 Å². The van der Waals surface area contributed by atoms with Crippen molar-refractivity contribution in [3.63, 3.8) is 0 Å².